The average molecular weight is 352 g/mol. The Morgan fingerprint density at radius 2 is 1.35 bits per heavy atom. The molecule has 0 unspecified atom stereocenters. The first-order chi connectivity index (χ1) is 12.7. The van der Waals surface area contributed by atoms with Gasteiger partial charge in [0.05, 0.1) is 6.04 Å². The van der Waals surface area contributed by atoms with Crippen molar-refractivity contribution in [1.29, 1.82) is 0 Å². The van der Waals surface area contributed by atoms with Crippen LogP contribution in [-0.4, -0.2) is 11.1 Å². The molecule has 138 valence electrons. The minimum absolute atomic E-state index is 0.0955. The highest BCUT2D eigenvalue weighted by atomic mass is 16.5. The Labute approximate surface area is 155 Å². The van der Waals surface area contributed by atoms with Gasteiger partial charge >= 0.3 is 0 Å². The van der Waals surface area contributed by atoms with Crippen molar-refractivity contribution in [1.82, 2.24) is 10.8 Å². The Hall–Kier alpha value is -2.59. The highest BCUT2D eigenvalue weighted by molar-refractivity contribution is 5.74. The Kier molecular flexibility index (Phi) is 8.43. The standard InChI is InChI=1S/C22H28N2O2/c1-18(12-6-2-3-11-17-21(25)24-26)23-22(19-13-7-4-8-14-19)20-15-9-5-10-16-20/h4-5,7-10,13-16,22-23,26H,1-3,6,11-12,17H2,(H,24,25). The molecule has 0 aliphatic carbocycles. The molecule has 0 atom stereocenters. The second-order valence-corrected chi connectivity index (χ2v) is 6.45. The molecule has 0 aliphatic rings. The molecule has 0 aromatic heterocycles. The molecule has 2 aromatic carbocycles. The van der Waals surface area contributed by atoms with Crippen molar-refractivity contribution in [3.8, 4) is 0 Å². The number of unbranched alkanes of at least 4 members (excludes halogenated alkanes) is 3. The fraction of sp³-hybridized carbons (Fsp3) is 0.318. The van der Waals surface area contributed by atoms with Crippen LogP contribution in [0.2, 0.25) is 0 Å². The average Bonchev–Trinajstić information content (AvgIpc) is 2.69. The quantitative estimate of drug-likeness (QED) is 0.311. The molecule has 0 aliphatic heterocycles. The van der Waals surface area contributed by atoms with Gasteiger partial charge in [0.15, 0.2) is 0 Å². The Morgan fingerprint density at radius 3 is 1.85 bits per heavy atom. The molecule has 1 amide bonds. The summed E-state index contributed by atoms with van der Waals surface area (Å²) in [5.74, 6) is -0.315. The lowest BCUT2D eigenvalue weighted by Crippen LogP contribution is -2.21. The highest BCUT2D eigenvalue weighted by Gasteiger charge is 2.13. The smallest absolute Gasteiger partial charge is 0.243 e. The highest BCUT2D eigenvalue weighted by Crippen LogP contribution is 2.23. The van der Waals surface area contributed by atoms with Crippen molar-refractivity contribution in [3.05, 3.63) is 84.1 Å². The van der Waals surface area contributed by atoms with Crippen LogP contribution in [0.25, 0.3) is 0 Å². The SMILES string of the molecule is C=C(CCCCCCC(=O)NO)NC(c1ccccc1)c1ccccc1. The molecular formula is C22H28N2O2. The molecule has 0 fully saturated rings. The first-order valence-electron chi connectivity index (χ1n) is 9.18. The van der Waals surface area contributed by atoms with Crippen LogP contribution >= 0.6 is 0 Å². The van der Waals surface area contributed by atoms with Gasteiger partial charge in [-0.05, 0) is 30.4 Å². The summed E-state index contributed by atoms with van der Waals surface area (Å²) in [6.45, 7) is 4.20. The fourth-order valence-electron chi connectivity index (χ4n) is 2.96. The van der Waals surface area contributed by atoms with Gasteiger partial charge in [0.1, 0.15) is 0 Å². The molecule has 3 N–H and O–H groups in total. The summed E-state index contributed by atoms with van der Waals surface area (Å²) in [5, 5.41) is 12.0. The lowest BCUT2D eigenvalue weighted by molar-refractivity contribution is -0.129. The Bertz CT molecular complexity index is 632. The predicted molar refractivity (Wildman–Crippen MR) is 105 cm³/mol. The van der Waals surface area contributed by atoms with E-state index >= 15 is 0 Å². The van der Waals surface area contributed by atoms with Gasteiger partial charge in [-0.25, -0.2) is 5.48 Å². The van der Waals surface area contributed by atoms with Crippen LogP contribution < -0.4 is 10.8 Å². The molecule has 26 heavy (non-hydrogen) atoms. The number of carbonyl (C=O) groups is 1. The van der Waals surface area contributed by atoms with Crippen LogP contribution in [0.1, 0.15) is 55.7 Å². The third-order valence-electron chi connectivity index (χ3n) is 4.37. The first kappa shape index (κ1) is 19.7. The van der Waals surface area contributed by atoms with Gasteiger partial charge in [-0.1, -0.05) is 80.1 Å². The second-order valence-electron chi connectivity index (χ2n) is 6.45. The minimum Gasteiger partial charge on any atom is -0.378 e. The Morgan fingerprint density at radius 1 is 0.846 bits per heavy atom. The molecule has 0 saturated heterocycles. The normalized spacial score (nSPS) is 10.5. The lowest BCUT2D eigenvalue weighted by atomic mass is 9.98. The van der Waals surface area contributed by atoms with E-state index in [0.29, 0.717) is 6.42 Å². The van der Waals surface area contributed by atoms with Crippen LogP contribution in [-0.2, 0) is 4.79 Å². The second kappa shape index (κ2) is 11.1. The molecular weight excluding hydrogens is 324 g/mol. The molecule has 0 radical (unpaired) electrons. The van der Waals surface area contributed by atoms with E-state index in [2.05, 4.69) is 60.4 Å². The maximum Gasteiger partial charge on any atom is 0.243 e. The molecule has 0 spiro atoms. The number of amides is 1. The zero-order chi connectivity index (χ0) is 18.6. The number of carbonyl (C=O) groups excluding carboxylic acids is 1. The van der Waals surface area contributed by atoms with Crippen molar-refractivity contribution in [2.24, 2.45) is 0 Å². The van der Waals surface area contributed by atoms with Crippen LogP contribution in [0.15, 0.2) is 72.9 Å². The van der Waals surface area contributed by atoms with Gasteiger partial charge < -0.3 is 5.32 Å². The lowest BCUT2D eigenvalue weighted by Gasteiger charge is -2.22. The van der Waals surface area contributed by atoms with E-state index in [1.165, 1.54) is 11.1 Å². The molecule has 2 aromatic rings. The summed E-state index contributed by atoms with van der Waals surface area (Å²) in [6.07, 6.45) is 5.12. The minimum atomic E-state index is -0.315. The number of nitrogens with one attached hydrogen (secondary N) is 2. The topological polar surface area (TPSA) is 61.4 Å². The van der Waals surface area contributed by atoms with Crippen molar-refractivity contribution < 1.29 is 10.0 Å². The van der Waals surface area contributed by atoms with E-state index < -0.39 is 0 Å². The number of rotatable bonds is 11. The maximum absolute atomic E-state index is 11.0. The summed E-state index contributed by atoms with van der Waals surface area (Å²) in [5.41, 5.74) is 5.12. The van der Waals surface area contributed by atoms with Crippen molar-refractivity contribution >= 4 is 5.91 Å². The van der Waals surface area contributed by atoms with Gasteiger partial charge in [0, 0.05) is 12.1 Å². The first-order valence-corrected chi connectivity index (χ1v) is 9.18. The summed E-state index contributed by atoms with van der Waals surface area (Å²) < 4.78 is 0. The van der Waals surface area contributed by atoms with Crippen LogP contribution in [0.5, 0.6) is 0 Å². The van der Waals surface area contributed by atoms with E-state index in [0.717, 1.165) is 37.8 Å². The third-order valence-corrected chi connectivity index (χ3v) is 4.37. The van der Waals surface area contributed by atoms with Gasteiger partial charge in [-0.2, -0.15) is 0 Å². The van der Waals surface area contributed by atoms with Gasteiger partial charge in [0.2, 0.25) is 5.91 Å². The third kappa shape index (κ3) is 6.73. The largest absolute Gasteiger partial charge is 0.378 e. The Balaban J connectivity index is 1.83. The van der Waals surface area contributed by atoms with E-state index in [-0.39, 0.29) is 11.9 Å². The zero-order valence-electron chi connectivity index (χ0n) is 15.2. The number of allylic oxidation sites excluding steroid dienone is 1. The number of hydroxylamine groups is 1. The predicted octanol–water partition coefficient (Wildman–Crippen LogP) is 4.73. The van der Waals surface area contributed by atoms with Gasteiger partial charge in [0.25, 0.3) is 0 Å². The van der Waals surface area contributed by atoms with E-state index in [1.807, 2.05) is 12.1 Å². The summed E-state index contributed by atoms with van der Waals surface area (Å²) >= 11 is 0. The molecule has 4 nitrogen and oxygen atoms in total. The van der Waals surface area contributed by atoms with Crippen LogP contribution in [0.3, 0.4) is 0 Å². The van der Waals surface area contributed by atoms with Crippen molar-refractivity contribution in [2.75, 3.05) is 0 Å². The zero-order valence-corrected chi connectivity index (χ0v) is 15.2. The number of benzene rings is 2. The number of hydrogen-bond acceptors (Lipinski definition) is 3. The van der Waals surface area contributed by atoms with Crippen LogP contribution in [0.4, 0.5) is 0 Å². The fourth-order valence-corrected chi connectivity index (χ4v) is 2.96. The summed E-state index contributed by atoms with van der Waals surface area (Å²) in [4.78, 5) is 11.0. The van der Waals surface area contributed by atoms with E-state index in [1.54, 1.807) is 5.48 Å². The van der Waals surface area contributed by atoms with Gasteiger partial charge in [-0.3, -0.25) is 10.0 Å². The van der Waals surface area contributed by atoms with Crippen LogP contribution in [0, 0.1) is 0 Å². The monoisotopic (exact) mass is 352 g/mol. The molecule has 2 rings (SSSR count). The molecule has 0 bridgehead atoms. The molecule has 0 heterocycles. The van der Waals surface area contributed by atoms with E-state index in [9.17, 15) is 4.79 Å². The van der Waals surface area contributed by atoms with Gasteiger partial charge in [-0.15, -0.1) is 0 Å². The maximum atomic E-state index is 11.0. The summed E-state index contributed by atoms with van der Waals surface area (Å²) in [7, 11) is 0. The molecule has 4 heteroatoms. The number of hydrogen-bond donors (Lipinski definition) is 3. The molecule has 0 saturated carbocycles. The van der Waals surface area contributed by atoms with Crippen molar-refractivity contribution in [2.45, 2.75) is 44.6 Å². The van der Waals surface area contributed by atoms with Crippen molar-refractivity contribution in [3.63, 3.8) is 0 Å². The summed E-state index contributed by atoms with van der Waals surface area (Å²) in [6, 6.07) is 20.9. The van der Waals surface area contributed by atoms with E-state index in [4.69, 9.17) is 5.21 Å².